The largest absolute Gasteiger partial charge is 0.444 e. The first-order valence-electron chi connectivity index (χ1n) is 6.40. The molecule has 2 rings (SSSR count). The Balaban J connectivity index is 2.27. The second-order valence-corrected chi connectivity index (χ2v) is 6.65. The van der Waals surface area contributed by atoms with Gasteiger partial charge in [0.1, 0.15) is 11.6 Å². The van der Waals surface area contributed by atoms with E-state index in [1.54, 1.807) is 27.7 Å². The molecule has 0 aliphatic rings. The lowest BCUT2D eigenvalue weighted by Crippen LogP contribution is -2.25. The zero-order valence-electron chi connectivity index (χ0n) is 12.3. The highest BCUT2D eigenvalue weighted by molar-refractivity contribution is 7.89. The van der Waals surface area contributed by atoms with Gasteiger partial charge in [-0.2, -0.15) is 0 Å². The van der Waals surface area contributed by atoms with Crippen LogP contribution in [0.15, 0.2) is 21.4 Å². The number of nitrogens with one attached hydrogen (secondary N) is 1. The topological polar surface area (TPSA) is 72.2 Å². The summed E-state index contributed by atoms with van der Waals surface area (Å²) in [5.41, 5.74) is 1.44. The molecule has 0 saturated heterocycles. The maximum absolute atomic E-state index is 13.3. The van der Waals surface area contributed by atoms with E-state index >= 15 is 0 Å². The van der Waals surface area contributed by atoms with Gasteiger partial charge in [0.25, 0.3) is 0 Å². The van der Waals surface area contributed by atoms with Gasteiger partial charge < -0.3 is 4.42 Å². The zero-order chi connectivity index (χ0) is 15.8. The van der Waals surface area contributed by atoms with Gasteiger partial charge in [-0.3, -0.25) is 0 Å². The van der Waals surface area contributed by atoms with E-state index in [1.807, 2.05) is 0 Å². The van der Waals surface area contributed by atoms with Crippen LogP contribution in [0.3, 0.4) is 0 Å². The van der Waals surface area contributed by atoms with Crippen LogP contribution in [0.1, 0.15) is 28.5 Å². The maximum atomic E-state index is 13.3. The molecular formula is C14H17FN2O3S. The monoisotopic (exact) mass is 312 g/mol. The molecule has 7 heteroatoms. The van der Waals surface area contributed by atoms with Gasteiger partial charge >= 0.3 is 0 Å². The van der Waals surface area contributed by atoms with Crippen molar-refractivity contribution in [2.24, 2.45) is 0 Å². The molecule has 0 radical (unpaired) electrons. The Kier molecular flexibility index (Phi) is 4.15. The summed E-state index contributed by atoms with van der Waals surface area (Å²) in [7, 11) is -3.76. The zero-order valence-corrected chi connectivity index (χ0v) is 13.1. The van der Waals surface area contributed by atoms with Gasteiger partial charge in [-0.25, -0.2) is 22.5 Å². The van der Waals surface area contributed by atoms with Crippen LogP contribution in [0.4, 0.5) is 4.39 Å². The molecule has 0 aliphatic carbocycles. The Morgan fingerprint density at radius 3 is 2.24 bits per heavy atom. The van der Waals surface area contributed by atoms with E-state index in [0.29, 0.717) is 22.8 Å². The van der Waals surface area contributed by atoms with Gasteiger partial charge in [0.2, 0.25) is 15.9 Å². The summed E-state index contributed by atoms with van der Waals surface area (Å²) >= 11 is 0. The van der Waals surface area contributed by atoms with Gasteiger partial charge in [-0.15, -0.1) is 0 Å². The van der Waals surface area contributed by atoms with E-state index < -0.39 is 15.8 Å². The summed E-state index contributed by atoms with van der Waals surface area (Å²) < 4.78 is 45.7. The smallest absolute Gasteiger partial charge is 0.241 e. The minimum Gasteiger partial charge on any atom is -0.444 e. The van der Waals surface area contributed by atoms with Crippen LogP contribution in [0.2, 0.25) is 0 Å². The SMILES string of the molecule is Cc1cc(F)cc(C)c1S(=O)(=O)NCc1nc(C)c(C)o1. The van der Waals surface area contributed by atoms with Crippen molar-refractivity contribution in [3.05, 3.63) is 46.4 Å². The number of nitrogens with zero attached hydrogens (tertiary/aromatic N) is 1. The molecule has 1 aromatic carbocycles. The Labute approximate surface area is 123 Å². The maximum Gasteiger partial charge on any atom is 0.241 e. The number of sulfonamides is 1. The van der Waals surface area contributed by atoms with Crippen LogP contribution >= 0.6 is 0 Å². The van der Waals surface area contributed by atoms with E-state index in [9.17, 15) is 12.8 Å². The predicted octanol–water partition coefficient (Wildman–Crippen LogP) is 2.53. The number of aromatic nitrogens is 1. The molecule has 0 amide bonds. The lowest BCUT2D eigenvalue weighted by molar-refractivity contribution is 0.463. The second kappa shape index (κ2) is 5.57. The molecular weight excluding hydrogens is 295 g/mol. The van der Waals surface area contributed by atoms with Gasteiger partial charge in [-0.05, 0) is 51.0 Å². The molecule has 0 unspecified atom stereocenters. The van der Waals surface area contributed by atoms with Gasteiger partial charge in [0.05, 0.1) is 17.1 Å². The van der Waals surface area contributed by atoms with Gasteiger partial charge in [0, 0.05) is 0 Å². The van der Waals surface area contributed by atoms with Gasteiger partial charge in [0.15, 0.2) is 0 Å². The van der Waals surface area contributed by atoms with Crippen molar-refractivity contribution in [3.8, 4) is 0 Å². The number of benzene rings is 1. The van der Waals surface area contributed by atoms with Crippen molar-refractivity contribution in [1.29, 1.82) is 0 Å². The number of hydrogen-bond acceptors (Lipinski definition) is 4. The van der Waals surface area contributed by atoms with Crippen molar-refractivity contribution in [2.75, 3.05) is 0 Å². The van der Waals surface area contributed by atoms with Crippen LogP contribution in [-0.4, -0.2) is 13.4 Å². The fourth-order valence-electron chi connectivity index (χ4n) is 2.17. The third-order valence-electron chi connectivity index (χ3n) is 3.18. The lowest BCUT2D eigenvalue weighted by Gasteiger charge is -2.11. The number of halogens is 1. The highest BCUT2D eigenvalue weighted by Crippen LogP contribution is 2.21. The predicted molar refractivity (Wildman–Crippen MR) is 75.9 cm³/mol. The highest BCUT2D eigenvalue weighted by Gasteiger charge is 2.21. The summed E-state index contributed by atoms with van der Waals surface area (Å²) in [5.74, 6) is 0.493. The third kappa shape index (κ3) is 3.30. The summed E-state index contributed by atoms with van der Waals surface area (Å²) in [6, 6.07) is 2.39. The van der Waals surface area contributed by atoms with E-state index in [2.05, 4.69) is 9.71 Å². The van der Waals surface area contributed by atoms with Crippen molar-refractivity contribution >= 4 is 10.0 Å². The van der Waals surface area contributed by atoms with Crippen LogP contribution in [0.5, 0.6) is 0 Å². The fraction of sp³-hybridized carbons (Fsp3) is 0.357. The first kappa shape index (κ1) is 15.7. The summed E-state index contributed by atoms with van der Waals surface area (Å²) in [6.45, 7) is 6.61. The highest BCUT2D eigenvalue weighted by atomic mass is 32.2. The lowest BCUT2D eigenvalue weighted by atomic mass is 10.1. The number of rotatable bonds is 4. The molecule has 0 saturated carbocycles. The quantitative estimate of drug-likeness (QED) is 0.941. The summed E-state index contributed by atoms with van der Waals surface area (Å²) in [5, 5.41) is 0. The normalized spacial score (nSPS) is 11.9. The summed E-state index contributed by atoms with van der Waals surface area (Å²) in [6.07, 6.45) is 0. The molecule has 1 aromatic heterocycles. The van der Waals surface area contributed by atoms with E-state index in [0.717, 1.165) is 5.69 Å². The third-order valence-corrected chi connectivity index (χ3v) is 4.89. The molecule has 0 bridgehead atoms. The van der Waals surface area contributed by atoms with Crippen LogP contribution in [0.25, 0.3) is 0 Å². The second-order valence-electron chi connectivity index (χ2n) is 4.94. The van der Waals surface area contributed by atoms with Crippen molar-refractivity contribution in [1.82, 2.24) is 9.71 Å². The Bertz CT molecular complexity index is 739. The molecule has 114 valence electrons. The fourth-order valence-corrected chi connectivity index (χ4v) is 3.59. The average molecular weight is 312 g/mol. The molecule has 21 heavy (non-hydrogen) atoms. The van der Waals surface area contributed by atoms with E-state index in [4.69, 9.17) is 4.42 Å². The van der Waals surface area contributed by atoms with Gasteiger partial charge in [-0.1, -0.05) is 0 Å². The van der Waals surface area contributed by atoms with Crippen LogP contribution in [0, 0.1) is 33.5 Å². The Morgan fingerprint density at radius 2 is 1.76 bits per heavy atom. The molecule has 5 nitrogen and oxygen atoms in total. The molecule has 2 aromatic rings. The molecule has 0 fully saturated rings. The molecule has 0 atom stereocenters. The standard InChI is InChI=1S/C14H17FN2O3S/c1-8-5-12(15)6-9(2)14(8)21(18,19)16-7-13-17-10(3)11(4)20-13/h5-6,16H,7H2,1-4H3. The number of aryl methyl sites for hydroxylation is 4. The minimum atomic E-state index is -3.76. The van der Waals surface area contributed by atoms with Crippen LogP contribution in [-0.2, 0) is 16.6 Å². The minimum absolute atomic E-state index is 0.0483. The van der Waals surface area contributed by atoms with E-state index in [-0.39, 0.29) is 11.4 Å². The van der Waals surface area contributed by atoms with Crippen molar-refractivity contribution in [2.45, 2.75) is 39.1 Å². The Morgan fingerprint density at radius 1 is 1.19 bits per heavy atom. The molecule has 1 N–H and O–H groups in total. The van der Waals surface area contributed by atoms with Crippen LogP contribution < -0.4 is 4.72 Å². The summed E-state index contributed by atoms with van der Waals surface area (Å²) in [4.78, 5) is 4.20. The first-order valence-corrected chi connectivity index (χ1v) is 7.88. The number of oxazole rings is 1. The average Bonchev–Trinajstić information content (AvgIpc) is 2.65. The first-order chi connectivity index (χ1) is 9.70. The molecule has 1 heterocycles. The number of hydrogen-bond donors (Lipinski definition) is 1. The van der Waals surface area contributed by atoms with Crippen molar-refractivity contribution in [3.63, 3.8) is 0 Å². The van der Waals surface area contributed by atoms with Crippen molar-refractivity contribution < 1.29 is 17.2 Å². The van der Waals surface area contributed by atoms with E-state index in [1.165, 1.54) is 12.1 Å². The molecule has 0 aliphatic heterocycles. The molecule has 0 spiro atoms. The Hall–Kier alpha value is -1.73.